The lowest BCUT2D eigenvalue weighted by atomic mass is 10.1. The number of hydrogen-bond acceptors (Lipinski definition) is 1. The van der Waals surface area contributed by atoms with Gasteiger partial charge in [-0.05, 0) is 37.5 Å². The van der Waals surface area contributed by atoms with Crippen molar-refractivity contribution in [3.8, 4) is 5.75 Å². The van der Waals surface area contributed by atoms with Crippen LogP contribution >= 0.6 is 0 Å². The van der Waals surface area contributed by atoms with Gasteiger partial charge in [-0.1, -0.05) is 18.7 Å². The highest BCUT2D eigenvalue weighted by molar-refractivity contribution is 5.44. The van der Waals surface area contributed by atoms with Crippen molar-refractivity contribution in [1.29, 1.82) is 0 Å². The lowest BCUT2D eigenvalue weighted by molar-refractivity contribution is 0.475. The summed E-state index contributed by atoms with van der Waals surface area (Å²) in [7, 11) is 0. The van der Waals surface area contributed by atoms with Crippen LogP contribution in [0.2, 0.25) is 0 Å². The van der Waals surface area contributed by atoms with E-state index in [0.29, 0.717) is 0 Å². The predicted octanol–water partition coefficient (Wildman–Crippen LogP) is 3.13. The van der Waals surface area contributed by atoms with Crippen molar-refractivity contribution in [3.05, 3.63) is 41.7 Å². The van der Waals surface area contributed by atoms with Gasteiger partial charge in [-0.25, -0.2) is 0 Å². The molecule has 0 radical (unpaired) electrons. The fraction of sp³-hybridized carbons (Fsp3) is 0.273. The molecule has 1 aromatic rings. The Morgan fingerprint density at radius 3 is 2.33 bits per heavy atom. The van der Waals surface area contributed by atoms with Crippen molar-refractivity contribution in [1.82, 2.24) is 0 Å². The van der Waals surface area contributed by atoms with Gasteiger partial charge in [-0.2, -0.15) is 0 Å². The molecule has 1 rings (SSSR count). The van der Waals surface area contributed by atoms with Crippen LogP contribution in [0.3, 0.4) is 0 Å². The summed E-state index contributed by atoms with van der Waals surface area (Å²) >= 11 is 0. The molecule has 0 unspecified atom stereocenters. The van der Waals surface area contributed by atoms with Gasteiger partial charge in [-0.3, -0.25) is 0 Å². The van der Waals surface area contributed by atoms with Crippen LogP contribution in [0.15, 0.2) is 25.0 Å². The highest BCUT2D eigenvalue weighted by Gasteiger charge is 2.03. The van der Waals surface area contributed by atoms with Crippen LogP contribution in [0.4, 0.5) is 0 Å². The van der Waals surface area contributed by atoms with Crippen LogP contribution in [0.25, 0.3) is 0 Å². The third kappa shape index (κ3) is 1.50. The Bertz CT molecular complexity index is 300. The topological polar surface area (TPSA) is 9.23 Å². The van der Waals surface area contributed by atoms with Crippen molar-refractivity contribution in [2.24, 2.45) is 0 Å². The van der Waals surface area contributed by atoms with E-state index in [-0.39, 0.29) is 0 Å². The van der Waals surface area contributed by atoms with Gasteiger partial charge in [0.25, 0.3) is 0 Å². The summed E-state index contributed by atoms with van der Waals surface area (Å²) in [6, 6.07) is 4.15. The summed E-state index contributed by atoms with van der Waals surface area (Å²) in [5, 5.41) is 0. The lowest BCUT2D eigenvalue weighted by Gasteiger charge is -2.09. The average molecular weight is 162 g/mol. The van der Waals surface area contributed by atoms with E-state index in [1.54, 1.807) is 0 Å². The molecule has 0 N–H and O–H groups in total. The molecule has 0 atom stereocenters. The molecule has 1 heteroatoms. The van der Waals surface area contributed by atoms with E-state index in [4.69, 9.17) is 4.74 Å². The monoisotopic (exact) mass is 162 g/mol. The van der Waals surface area contributed by atoms with Gasteiger partial charge in [0.2, 0.25) is 0 Å². The first-order chi connectivity index (χ1) is 5.66. The van der Waals surface area contributed by atoms with E-state index in [1.807, 2.05) is 6.92 Å². The maximum absolute atomic E-state index is 5.31. The Balaban J connectivity index is 3.22. The summed E-state index contributed by atoms with van der Waals surface area (Å²) in [4.78, 5) is 0. The summed E-state index contributed by atoms with van der Waals surface area (Å²) in [5.41, 5.74) is 3.59. The second-order valence-corrected chi connectivity index (χ2v) is 2.94. The predicted molar refractivity (Wildman–Crippen MR) is 51.5 cm³/mol. The normalized spacial score (nSPS) is 9.58. The van der Waals surface area contributed by atoms with E-state index >= 15 is 0 Å². The van der Waals surface area contributed by atoms with Crippen LogP contribution in [-0.4, -0.2) is 0 Å². The molecular formula is C11H14O. The Morgan fingerprint density at radius 2 is 1.75 bits per heavy atom. The van der Waals surface area contributed by atoms with Crippen molar-refractivity contribution < 1.29 is 4.74 Å². The second-order valence-electron chi connectivity index (χ2n) is 2.94. The standard InChI is InChI=1S/C11H14O/c1-5-12-11-9(3)7-6-8(2)10(11)4/h5-7H,1H2,2-4H3. The van der Waals surface area contributed by atoms with E-state index in [9.17, 15) is 0 Å². The SMILES string of the molecule is C=COc1c(C)ccc(C)c1C. The van der Waals surface area contributed by atoms with E-state index in [2.05, 4.69) is 32.6 Å². The quantitative estimate of drug-likeness (QED) is 0.607. The Labute approximate surface area is 73.7 Å². The molecule has 64 valence electrons. The molecular weight excluding hydrogens is 148 g/mol. The van der Waals surface area contributed by atoms with Crippen molar-refractivity contribution in [3.63, 3.8) is 0 Å². The minimum absolute atomic E-state index is 0.935. The van der Waals surface area contributed by atoms with E-state index < -0.39 is 0 Å². The van der Waals surface area contributed by atoms with Crippen LogP contribution in [0.5, 0.6) is 5.75 Å². The molecule has 0 bridgehead atoms. The third-order valence-electron chi connectivity index (χ3n) is 2.07. The molecule has 0 aromatic heterocycles. The molecule has 0 fully saturated rings. The Morgan fingerprint density at radius 1 is 1.17 bits per heavy atom. The number of aryl methyl sites for hydroxylation is 2. The molecule has 0 saturated carbocycles. The average Bonchev–Trinajstić information content (AvgIpc) is 2.06. The summed E-state index contributed by atoms with van der Waals surface area (Å²) < 4.78 is 5.31. The zero-order valence-corrected chi connectivity index (χ0v) is 7.85. The first-order valence-electron chi connectivity index (χ1n) is 4.01. The van der Waals surface area contributed by atoms with Gasteiger partial charge in [-0.15, -0.1) is 0 Å². The molecule has 0 saturated heterocycles. The van der Waals surface area contributed by atoms with Gasteiger partial charge in [0.05, 0.1) is 6.26 Å². The van der Waals surface area contributed by atoms with Crippen molar-refractivity contribution in [2.75, 3.05) is 0 Å². The molecule has 1 aromatic carbocycles. The smallest absolute Gasteiger partial charge is 0.132 e. The van der Waals surface area contributed by atoms with Crippen molar-refractivity contribution in [2.45, 2.75) is 20.8 Å². The molecule has 0 heterocycles. The van der Waals surface area contributed by atoms with Crippen molar-refractivity contribution >= 4 is 0 Å². The lowest BCUT2D eigenvalue weighted by Crippen LogP contribution is -1.91. The number of ether oxygens (including phenoxy) is 1. The largest absolute Gasteiger partial charge is 0.465 e. The molecule has 0 spiro atoms. The minimum Gasteiger partial charge on any atom is -0.465 e. The zero-order chi connectivity index (χ0) is 9.14. The summed E-state index contributed by atoms with van der Waals surface area (Å²) in [5.74, 6) is 0.935. The van der Waals surface area contributed by atoms with Gasteiger partial charge >= 0.3 is 0 Å². The summed E-state index contributed by atoms with van der Waals surface area (Å²) in [6.07, 6.45) is 1.47. The van der Waals surface area contributed by atoms with Gasteiger partial charge in [0.15, 0.2) is 0 Å². The maximum atomic E-state index is 5.31. The number of benzene rings is 1. The zero-order valence-electron chi connectivity index (χ0n) is 7.85. The molecule has 0 aliphatic rings. The second kappa shape index (κ2) is 3.44. The fourth-order valence-corrected chi connectivity index (χ4v) is 1.19. The van der Waals surface area contributed by atoms with Crippen LogP contribution < -0.4 is 4.74 Å². The molecule has 0 aliphatic carbocycles. The van der Waals surface area contributed by atoms with Crippen LogP contribution in [-0.2, 0) is 0 Å². The number of rotatable bonds is 2. The van der Waals surface area contributed by atoms with Gasteiger partial charge in [0, 0.05) is 0 Å². The number of hydrogen-bond donors (Lipinski definition) is 0. The van der Waals surface area contributed by atoms with Gasteiger partial charge in [0.1, 0.15) is 5.75 Å². The van der Waals surface area contributed by atoms with Crippen LogP contribution in [0.1, 0.15) is 16.7 Å². The summed E-state index contributed by atoms with van der Waals surface area (Å²) in [6.45, 7) is 9.71. The maximum Gasteiger partial charge on any atom is 0.132 e. The van der Waals surface area contributed by atoms with Crippen LogP contribution in [0, 0.1) is 20.8 Å². The molecule has 1 nitrogen and oxygen atoms in total. The first kappa shape index (κ1) is 8.85. The molecule has 0 amide bonds. The minimum atomic E-state index is 0.935. The molecule has 0 aliphatic heterocycles. The van der Waals surface area contributed by atoms with E-state index in [1.165, 1.54) is 17.4 Å². The third-order valence-corrected chi connectivity index (χ3v) is 2.07. The van der Waals surface area contributed by atoms with Gasteiger partial charge < -0.3 is 4.74 Å². The Kier molecular flexibility index (Phi) is 2.54. The molecule has 12 heavy (non-hydrogen) atoms. The van der Waals surface area contributed by atoms with E-state index in [0.717, 1.165) is 11.3 Å². The highest BCUT2D eigenvalue weighted by atomic mass is 16.5. The fourth-order valence-electron chi connectivity index (χ4n) is 1.19. The highest BCUT2D eigenvalue weighted by Crippen LogP contribution is 2.25. The first-order valence-corrected chi connectivity index (χ1v) is 4.01. The Hall–Kier alpha value is -1.24.